The number of thiophene rings is 1. The van der Waals surface area contributed by atoms with Crippen molar-refractivity contribution in [3.63, 3.8) is 0 Å². The van der Waals surface area contributed by atoms with Gasteiger partial charge in [-0.3, -0.25) is 0 Å². The Balaban J connectivity index is 1.10. The Bertz CT molecular complexity index is 3580. The van der Waals surface area contributed by atoms with Crippen LogP contribution in [0.15, 0.2) is 192 Å². The van der Waals surface area contributed by atoms with E-state index in [4.69, 9.17) is 19.4 Å². The molecule has 0 unspecified atom stereocenters. The van der Waals surface area contributed by atoms with Gasteiger partial charge < -0.3 is 4.42 Å². The van der Waals surface area contributed by atoms with E-state index in [2.05, 4.69) is 170 Å². The number of nitrogens with zero attached hydrogens (tertiary/aromatic N) is 3. The molecule has 0 aliphatic heterocycles. The largest absolute Gasteiger partial charge is 0.456 e. The number of hydrogen-bond acceptors (Lipinski definition) is 5. The second-order valence-corrected chi connectivity index (χ2v) is 15.7. The average Bonchev–Trinajstić information content (AvgIpc) is 3.87. The lowest BCUT2D eigenvalue weighted by Gasteiger charge is -2.13. The van der Waals surface area contributed by atoms with Crippen LogP contribution in [0.2, 0.25) is 0 Å². The molecule has 3 heterocycles. The third-order valence-electron chi connectivity index (χ3n) is 11.3. The van der Waals surface area contributed by atoms with Gasteiger partial charge in [0.1, 0.15) is 11.2 Å². The molecule has 5 heteroatoms. The Morgan fingerprint density at radius 3 is 1.71 bits per heavy atom. The predicted octanol–water partition coefficient (Wildman–Crippen LogP) is 14.8. The van der Waals surface area contributed by atoms with Crippen LogP contribution in [0.4, 0.5) is 0 Å². The molecule has 270 valence electrons. The maximum absolute atomic E-state index is 6.33. The van der Waals surface area contributed by atoms with Crippen molar-refractivity contribution in [1.82, 2.24) is 15.0 Å². The van der Waals surface area contributed by atoms with Gasteiger partial charge in [-0.2, -0.15) is 0 Å². The third-order valence-corrected chi connectivity index (χ3v) is 12.6. The van der Waals surface area contributed by atoms with Gasteiger partial charge in [0, 0.05) is 53.2 Å². The van der Waals surface area contributed by atoms with Crippen LogP contribution in [-0.4, -0.2) is 15.0 Å². The van der Waals surface area contributed by atoms with Gasteiger partial charge in [-0.15, -0.1) is 11.3 Å². The lowest BCUT2D eigenvalue weighted by molar-refractivity contribution is 0.669. The van der Waals surface area contributed by atoms with Gasteiger partial charge in [-0.05, 0) is 68.6 Å². The van der Waals surface area contributed by atoms with Crippen LogP contribution in [0.5, 0.6) is 0 Å². The van der Waals surface area contributed by atoms with Gasteiger partial charge in [0.15, 0.2) is 17.5 Å². The Morgan fingerprint density at radius 1 is 0.310 bits per heavy atom. The first-order valence-electron chi connectivity index (χ1n) is 19.4. The summed E-state index contributed by atoms with van der Waals surface area (Å²) in [6, 6.07) is 66.3. The highest BCUT2D eigenvalue weighted by molar-refractivity contribution is 7.26. The Labute approximate surface area is 337 Å². The minimum Gasteiger partial charge on any atom is -0.456 e. The van der Waals surface area contributed by atoms with Crippen molar-refractivity contribution in [2.75, 3.05) is 0 Å². The third kappa shape index (κ3) is 5.25. The lowest BCUT2D eigenvalue weighted by atomic mass is 9.94. The van der Waals surface area contributed by atoms with Crippen LogP contribution in [0.25, 0.3) is 120 Å². The summed E-state index contributed by atoms with van der Waals surface area (Å²) in [4.78, 5) is 15.7. The van der Waals surface area contributed by atoms with Gasteiger partial charge in [0.05, 0.1) is 0 Å². The smallest absolute Gasteiger partial charge is 0.164 e. The molecule has 4 nitrogen and oxygen atoms in total. The topological polar surface area (TPSA) is 51.8 Å². The first-order chi connectivity index (χ1) is 28.7. The van der Waals surface area contributed by atoms with E-state index in [1.54, 1.807) is 0 Å². The molecule has 0 bridgehead atoms. The molecule has 0 saturated heterocycles. The number of benzene rings is 9. The highest BCUT2D eigenvalue weighted by atomic mass is 32.1. The lowest BCUT2D eigenvalue weighted by Crippen LogP contribution is -2.01. The van der Waals surface area contributed by atoms with E-state index in [1.165, 1.54) is 42.2 Å². The van der Waals surface area contributed by atoms with Gasteiger partial charge in [0.2, 0.25) is 0 Å². The SMILES string of the molecule is c1ccc(-c2cccc3c2sc2c(-c4cc(-c5nc(-c6ccc7c(c6)oc6ccccc67)nc(-c6cccc7ccccc67)n5)cc5ccccc45)cccc23)cc1. The molecule has 0 aliphatic carbocycles. The first kappa shape index (κ1) is 32.7. The molecular formula is C53H31N3OS. The maximum Gasteiger partial charge on any atom is 0.164 e. The van der Waals surface area contributed by atoms with E-state index in [0.717, 1.165) is 60.4 Å². The molecule has 3 aromatic heterocycles. The summed E-state index contributed by atoms with van der Waals surface area (Å²) in [5, 5.41) is 9.20. The summed E-state index contributed by atoms with van der Waals surface area (Å²) in [6.07, 6.45) is 0. The summed E-state index contributed by atoms with van der Waals surface area (Å²) in [5.74, 6) is 1.82. The predicted molar refractivity (Wildman–Crippen MR) is 242 cm³/mol. The first-order valence-corrected chi connectivity index (χ1v) is 20.2. The second kappa shape index (κ2) is 13.1. The Morgan fingerprint density at radius 2 is 0.879 bits per heavy atom. The molecule has 0 spiro atoms. The van der Waals surface area contributed by atoms with E-state index >= 15 is 0 Å². The summed E-state index contributed by atoms with van der Waals surface area (Å²) in [7, 11) is 0. The van der Waals surface area contributed by atoms with Gasteiger partial charge >= 0.3 is 0 Å². The molecule has 58 heavy (non-hydrogen) atoms. The Hall–Kier alpha value is -7.47. The van der Waals surface area contributed by atoms with E-state index in [-0.39, 0.29) is 0 Å². The van der Waals surface area contributed by atoms with Crippen LogP contribution >= 0.6 is 11.3 Å². The van der Waals surface area contributed by atoms with Crippen molar-refractivity contribution in [3.05, 3.63) is 188 Å². The molecule has 0 amide bonds. The summed E-state index contributed by atoms with van der Waals surface area (Å²) in [5.41, 5.74) is 9.21. The van der Waals surface area contributed by atoms with Gasteiger partial charge in [0.25, 0.3) is 0 Å². The van der Waals surface area contributed by atoms with E-state index < -0.39 is 0 Å². The van der Waals surface area contributed by atoms with Crippen molar-refractivity contribution in [1.29, 1.82) is 0 Å². The highest BCUT2D eigenvalue weighted by Gasteiger charge is 2.20. The van der Waals surface area contributed by atoms with E-state index in [9.17, 15) is 0 Å². The van der Waals surface area contributed by atoms with Crippen LogP contribution in [0.1, 0.15) is 0 Å². The molecule has 0 aliphatic rings. The number of para-hydroxylation sites is 1. The normalized spacial score (nSPS) is 11.8. The minimum absolute atomic E-state index is 0.588. The summed E-state index contributed by atoms with van der Waals surface area (Å²) >= 11 is 1.87. The molecular weight excluding hydrogens is 727 g/mol. The standard InChI is InChI=1S/C53H31N3OS/c1-2-13-33(14-3-1)39-21-11-22-42-43-23-12-24-44(50(43)58-49(39)42)46-30-36(29-34-16-5-7-19-38(34)46)52-54-51(35-27-28-41-40-20-8-9-26-47(40)57-48(41)31-35)55-53(56-52)45-25-10-17-32-15-4-6-18-37(32)45/h1-31H. The van der Waals surface area contributed by atoms with Crippen molar-refractivity contribution in [2.45, 2.75) is 0 Å². The summed E-state index contributed by atoms with van der Waals surface area (Å²) in [6.45, 7) is 0. The monoisotopic (exact) mass is 757 g/mol. The molecule has 0 atom stereocenters. The van der Waals surface area contributed by atoms with Gasteiger partial charge in [-0.25, -0.2) is 15.0 Å². The fraction of sp³-hybridized carbons (Fsp3) is 0. The molecule has 12 rings (SSSR count). The zero-order valence-electron chi connectivity index (χ0n) is 31.1. The fourth-order valence-electron chi connectivity index (χ4n) is 8.58. The fourth-order valence-corrected chi connectivity index (χ4v) is 9.94. The molecule has 0 fully saturated rings. The number of hydrogen-bond donors (Lipinski definition) is 0. The number of rotatable bonds is 5. The van der Waals surface area contributed by atoms with Crippen molar-refractivity contribution in [2.24, 2.45) is 0 Å². The van der Waals surface area contributed by atoms with Crippen LogP contribution in [0, 0.1) is 0 Å². The molecule has 0 N–H and O–H groups in total. The second-order valence-electron chi connectivity index (χ2n) is 14.7. The zero-order valence-corrected chi connectivity index (χ0v) is 31.9. The van der Waals surface area contributed by atoms with Crippen molar-refractivity contribution >= 4 is 75.0 Å². The van der Waals surface area contributed by atoms with E-state index in [1.807, 2.05) is 29.5 Å². The average molecular weight is 758 g/mol. The van der Waals surface area contributed by atoms with Crippen molar-refractivity contribution < 1.29 is 4.42 Å². The van der Waals surface area contributed by atoms with Gasteiger partial charge in [-0.1, -0.05) is 158 Å². The molecule has 12 aromatic rings. The van der Waals surface area contributed by atoms with Crippen LogP contribution in [-0.2, 0) is 0 Å². The van der Waals surface area contributed by atoms with Crippen LogP contribution < -0.4 is 0 Å². The van der Waals surface area contributed by atoms with E-state index in [0.29, 0.717) is 17.5 Å². The van der Waals surface area contributed by atoms with Crippen LogP contribution in [0.3, 0.4) is 0 Å². The molecule has 0 radical (unpaired) electrons. The molecule has 0 saturated carbocycles. The highest BCUT2D eigenvalue weighted by Crippen LogP contribution is 2.46. The van der Waals surface area contributed by atoms with Crippen molar-refractivity contribution in [3.8, 4) is 56.4 Å². The molecule has 9 aromatic carbocycles. The minimum atomic E-state index is 0.588. The quantitative estimate of drug-likeness (QED) is 0.175. The Kier molecular flexibility index (Phi) is 7.37. The summed E-state index contributed by atoms with van der Waals surface area (Å²) < 4.78 is 8.88. The number of fused-ring (bicyclic) bond motifs is 8. The number of aromatic nitrogens is 3. The maximum atomic E-state index is 6.33. The number of furan rings is 1. The zero-order chi connectivity index (χ0) is 38.2.